The molecule has 1 atom stereocenters. The number of aromatic nitrogens is 1. The Hall–Kier alpha value is -2.30. The first-order chi connectivity index (χ1) is 11.3. The van der Waals surface area contributed by atoms with Gasteiger partial charge in [-0.05, 0) is 55.9 Å². The first-order valence-electron chi connectivity index (χ1n) is 8.19. The van der Waals surface area contributed by atoms with Crippen molar-refractivity contribution in [2.24, 2.45) is 0 Å². The van der Waals surface area contributed by atoms with Crippen LogP contribution in [-0.4, -0.2) is 29.4 Å². The van der Waals surface area contributed by atoms with Crippen LogP contribution < -0.4 is 4.74 Å². The van der Waals surface area contributed by atoms with Crippen LogP contribution in [0.3, 0.4) is 0 Å². The second-order valence-electron chi connectivity index (χ2n) is 6.18. The molecule has 4 rings (SSSR count). The summed E-state index contributed by atoms with van der Waals surface area (Å²) in [6.45, 7) is 0.741. The molecule has 2 aromatic heterocycles. The zero-order valence-corrected chi connectivity index (χ0v) is 13.2. The lowest BCUT2D eigenvalue weighted by Crippen LogP contribution is -2.31. The van der Waals surface area contributed by atoms with Crippen LogP contribution in [0.4, 0.5) is 0 Å². The highest BCUT2D eigenvalue weighted by Crippen LogP contribution is 2.35. The second kappa shape index (κ2) is 5.72. The van der Waals surface area contributed by atoms with Gasteiger partial charge in [-0.1, -0.05) is 0 Å². The maximum absolute atomic E-state index is 13.1. The largest absolute Gasteiger partial charge is 0.480 e. The smallest absolute Gasteiger partial charge is 0.259 e. The second-order valence-corrected chi connectivity index (χ2v) is 6.18. The van der Waals surface area contributed by atoms with Gasteiger partial charge in [-0.2, -0.15) is 0 Å². The molecule has 1 aliphatic carbocycles. The van der Waals surface area contributed by atoms with Crippen molar-refractivity contribution in [2.45, 2.75) is 38.1 Å². The van der Waals surface area contributed by atoms with Crippen molar-refractivity contribution in [2.75, 3.05) is 13.7 Å². The first kappa shape index (κ1) is 14.3. The topological polar surface area (TPSA) is 55.6 Å². The van der Waals surface area contributed by atoms with Crippen molar-refractivity contribution in [3.63, 3.8) is 0 Å². The number of pyridine rings is 1. The van der Waals surface area contributed by atoms with Crippen molar-refractivity contribution in [1.29, 1.82) is 0 Å². The molecule has 5 nitrogen and oxygen atoms in total. The number of carbonyl (C=O) groups excluding carboxylic acids is 1. The summed E-state index contributed by atoms with van der Waals surface area (Å²) in [6, 6.07) is 5.80. The fourth-order valence-corrected chi connectivity index (χ4v) is 3.70. The summed E-state index contributed by atoms with van der Waals surface area (Å²) in [7, 11) is 1.58. The molecule has 1 amide bonds. The Morgan fingerprint density at radius 3 is 3.09 bits per heavy atom. The van der Waals surface area contributed by atoms with E-state index >= 15 is 0 Å². The molecule has 120 valence electrons. The maximum atomic E-state index is 13.1. The number of fused-ring (bicyclic) bond motifs is 1. The number of nitrogens with zero attached hydrogens (tertiary/aromatic N) is 2. The Morgan fingerprint density at radius 1 is 1.39 bits per heavy atom. The van der Waals surface area contributed by atoms with Crippen molar-refractivity contribution < 1.29 is 13.9 Å². The molecule has 0 spiro atoms. The third-order valence-electron chi connectivity index (χ3n) is 4.82. The minimum atomic E-state index is -0.0112. The highest BCUT2D eigenvalue weighted by Gasteiger charge is 2.34. The van der Waals surface area contributed by atoms with Gasteiger partial charge in [0, 0.05) is 12.2 Å². The van der Waals surface area contributed by atoms with Crippen LogP contribution >= 0.6 is 0 Å². The zero-order valence-electron chi connectivity index (χ0n) is 13.2. The number of carbonyl (C=O) groups is 1. The number of likely N-dealkylation sites (tertiary alicyclic amines) is 1. The molecule has 0 saturated carbocycles. The van der Waals surface area contributed by atoms with E-state index in [9.17, 15) is 4.79 Å². The van der Waals surface area contributed by atoms with Gasteiger partial charge in [0.05, 0.1) is 19.4 Å². The SMILES string of the molecule is COc1nc2c(cc1C(=O)N1CCCC1c1ccco1)CCC2. The minimum absolute atomic E-state index is 0.00969. The fraction of sp³-hybridized carbons (Fsp3) is 0.444. The van der Waals surface area contributed by atoms with E-state index < -0.39 is 0 Å². The van der Waals surface area contributed by atoms with Gasteiger partial charge < -0.3 is 14.1 Å². The van der Waals surface area contributed by atoms with Gasteiger partial charge in [-0.3, -0.25) is 4.79 Å². The number of rotatable bonds is 3. The molecule has 0 bridgehead atoms. The van der Waals surface area contributed by atoms with Gasteiger partial charge in [0.25, 0.3) is 5.91 Å². The summed E-state index contributed by atoms with van der Waals surface area (Å²) in [5.41, 5.74) is 2.83. The quantitative estimate of drug-likeness (QED) is 0.873. The Bertz CT molecular complexity index is 724. The van der Waals surface area contributed by atoms with E-state index in [2.05, 4.69) is 4.98 Å². The molecule has 1 unspecified atom stereocenters. The summed E-state index contributed by atoms with van der Waals surface area (Å²) < 4.78 is 10.9. The normalized spacial score (nSPS) is 19.9. The van der Waals surface area contributed by atoms with Crippen LogP contribution in [0.15, 0.2) is 28.9 Å². The molecular formula is C18H20N2O3. The number of furan rings is 1. The maximum Gasteiger partial charge on any atom is 0.259 e. The Balaban J connectivity index is 1.69. The molecule has 1 aliphatic heterocycles. The van der Waals surface area contributed by atoms with Gasteiger partial charge in [0.15, 0.2) is 0 Å². The summed E-state index contributed by atoms with van der Waals surface area (Å²) in [5.74, 6) is 1.28. The zero-order chi connectivity index (χ0) is 15.8. The highest BCUT2D eigenvalue weighted by molar-refractivity contribution is 5.97. The minimum Gasteiger partial charge on any atom is -0.480 e. The number of aryl methyl sites for hydroxylation is 2. The number of amides is 1. The van der Waals surface area contributed by atoms with Crippen molar-refractivity contribution in [1.82, 2.24) is 9.88 Å². The lowest BCUT2D eigenvalue weighted by atomic mass is 10.1. The summed E-state index contributed by atoms with van der Waals surface area (Å²) in [6.07, 6.45) is 6.64. The van der Waals surface area contributed by atoms with Gasteiger partial charge in [-0.15, -0.1) is 0 Å². The van der Waals surface area contributed by atoms with Gasteiger partial charge in [0.2, 0.25) is 5.88 Å². The molecule has 0 N–H and O–H groups in total. The lowest BCUT2D eigenvalue weighted by molar-refractivity contribution is 0.0715. The third kappa shape index (κ3) is 2.40. The predicted octanol–water partition coefficient (Wildman–Crippen LogP) is 3.15. The molecule has 3 heterocycles. The van der Waals surface area contributed by atoms with Crippen molar-refractivity contribution >= 4 is 5.91 Å². The lowest BCUT2D eigenvalue weighted by Gasteiger charge is -2.24. The average Bonchev–Trinajstić information content (AvgIpc) is 3.32. The monoisotopic (exact) mass is 312 g/mol. The van der Waals surface area contributed by atoms with Crippen LogP contribution in [0.25, 0.3) is 0 Å². The van der Waals surface area contributed by atoms with Crippen molar-refractivity contribution in [3.05, 3.63) is 47.0 Å². The molecular weight excluding hydrogens is 292 g/mol. The van der Waals surface area contributed by atoms with Gasteiger partial charge in [-0.25, -0.2) is 4.98 Å². The molecule has 0 radical (unpaired) electrons. The van der Waals surface area contributed by atoms with Crippen LogP contribution in [0.2, 0.25) is 0 Å². The van der Waals surface area contributed by atoms with Gasteiger partial charge in [0.1, 0.15) is 11.3 Å². The molecule has 0 aromatic carbocycles. The molecule has 1 saturated heterocycles. The number of hydrogen-bond acceptors (Lipinski definition) is 4. The number of methoxy groups -OCH3 is 1. The highest BCUT2D eigenvalue weighted by atomic mass is 16.5. The van der Waals surface area contributed by atoms with E-state index in [1.165, 1.54) is 5.56 Å². The predicted molar refractivity (Wildman–Crippen MR) is 84.5 cm³/mol. The molecule has 1 fully saturated rings. The Kier molecular flexibility index (Phi) is 3.56. The molecule has 23 heavy (non-hydrogen) atoms. The van der Waals surface area contributed by atoms with E-state index in [-0.39, 0.29) is 11.9 Å². The summed E-state index contributed by atoms with van der Waals surface area (Å²) in [4.78, 5) is 19.5. The number of hydrogen-bond donors (Lipinski definition) is 0. The van der Waals surface area contributed by atoms with Crippen LogP contribution in [0.1, 0.15) is 52.7 Å². The Morgan fingerprint density at radius 2 is 2.30 bits per heavy atom. The Labute approximate surface area is 135 Å². The van der Waals surface area contributed by atoms with E-state index in [0.29, 0.717) is 11.4 Å². The van der Waals surface area contributed by atoms with E-state index in [4.69, 9.17) is 9.15 Å². The van der Waals surface area contributed by atoms with Crippen molar-refractivity contribution in [3.8, 4) is 5.88 Å². The van der Waals surface area contributed by atoms with Crippen LogP contribution in [0.5, 0.6) is 5.88 Å². The van der Waals surface area contributed by atoms with Crippen LogP contribution in [-0.2, 0) is 12.8 Å². The first-order valence-corrected chi connectivity index (χ1v) is 8.19. The van der Waals surface area contributed by atoms with Crippen LogP contribution in [0, 0.1) is 0 Å². The van der Waals surface area contributed by atoms with E-state index in [1.807, 2.05) is 23.1 Å². The van der Waals surface area contributed by atoms with E-state index in [0.717, 1.165) is 50.1 Å². The summed E-state index contributed by atoms with van der Waals surface area (Å²) in [5, 5.41) is 0. The molecule has 5 heteroatoms. The average molecular weight is 312 g/mol. The standard InChI is InChI=1S/C18H20N2O3/c1-22-17-13(11-12-5-2-6-14(12)19-17)18(21)20-9-3-7-15(20)16-8-4-10-23-16/h4,8,10-11,15H,2-3,5-7,9H2,1H3. The molecule has 2 aliphatic rings. The fourth-order valence-electron chi connectivity index (χ4n) is 3.70. The number of ether oxygens (including phenoxy) is 1. The van der Waals surface area contributed by atoms with Gasteiger partial charge >= 0.3 is 0 Å². The molecule has 2 aromatic rings. The van der Waals surface area contributed by atoms with E-state index in [1.54, 1.807) is 13.4 Å². The summed E-state index contributed by atoms with van der Waals surface area (Å²) >= 11 is 0. The third-order valence-corrected chi connectivity index (χ3v) is 4.82.